The van der Waals surface area contributed by atoms with Gasteiger partial charge >= 0.3 is 0 Å². The van der Waals surface area contributed by atoms with Gasteiger partial charge in [-0.15, -0.1) is 0 Å². The molecule has 122 valence electrons. The van der Waals surface area contributed by atoms with Crippen LogP contribution in [0, 0.1) is 6.92 Å². The van der Waals surface area contributed by atoms with Gasteiger partial charge in [0.15, 0.2) is 0 Å². The minimum atomic E-state index is -0.210. The van der Waals surface area contributed by atoms with Crippen molar-refractivity contribution in [1.29, 1.82) is 0 Å². The van der Waals surface area contributed by atoms with Crippen molar-refractivity contribution in [2.45, 2.75) is 19.9 Å². The summed E-state index contributed by atoms with van der Waals surface area (Å²) in [6.07, 6.45) is 3.35. The molecule has 0 bridgehead atoms. The summed E-state index contributed by atoms with van der Waals surface area (Å²) in [5, 5.41) is 2.98. The van der Waals surface area contributed by atoms with E-state index < -0.39 is 0 Å². The van der Waals surface area contributed by atoms with Gasteiger partial charge in [-0.2, -0.15) is 4.37 Å². The predicted molar refractivity (Wildman–Crippen MR) is 96.8 cm³/mol. The van der Waals surface area contributed by atoms with Crippen LogP contribution in [-0.4, -0.2) is 15.3 Å². The molecule has 2 heterocycles. The molecule has 0 aliphatic heterocycles. The molecule has 1 aromatic carbocycles. The zero-order valence-electron chi connectivity index (χ0n) is 13.5. The van der Waals surface area contributed by atoms with Crippen LogP contribution in [0.1, 0.15) is 33.8 Å². The lowest BCUT2D eigenvalue weighted by Crippen LogP contribution is -2.26. The average Bonchev–Trinajstić information content (AvgIpc) is 2.98. The van der Waals surface area contributed by atoms with Crippen LogP contribution in [0.5, 0.6) is 0 Å². The van der Waals surface area contributed by atoms with E-state index in [1.165, 1.54) is 5.56 Å². The van der Waals surface area contributed by atoms with Gasteiger partial charge in [-0.1, -0.05) is 29.8 Å². The molecule has 3 aromatic rings. The Morgan fingerprint density at radius 1 is 1.17 bits per heavy atom. The molecule has 3 N–H and O–H groups in total. The van der Waals surface area contributed by atoms with Crippen LogP contribution in [-0.2, 0) is 0 Å². The third-order valence-electron chi connectivity index (χ3n) is 3.81. The number of amides is 1. The Balaban J connectivity index is 1.78. The summed E-state index contributed by atoms with van der Waals surface area (Å²) in [7, 11) is 0. The van der Waals surface area contributed by atoms with E-state index >= 15 is 0 Å². The third-order valence-corrected chi connectivity index (χ3v) is 4.67. The molecule has 0 saturated carbocycles. The maximum absolute atomic E-state index is 12.5. The molecule has 0 aliphatic carbocycles. The van der Waals surface area contributed by atoms with Crippen LogP contribution in [0.15, 0.2) is 48.8 Å². The Bertz CT molecular complexity index is 843. The van der Waals surface area contributed by atoms with E-state index in [1.807, 2.05) is 50.2 Å². The van der Waals surface area contributed by atoms with Gasteiger partial charge in [0.25, 0.3) is 5.91 Å². The molecule has 0 fully saturated rings. The Kier molecular flexibility index (Phi) is 4.57. The van der Waals surface area contributed by atoms with Gasteiger partial charge < -0.3 is 11.1 Å². The number of hydrogen-bond donors (Lipinski definition) is 2. The minimum absolute atomic E-state index is 0.107. The monoisotopic (exact) mass is 338 g/mol. The van der Waals surface area contributed by atoms with Crippen molar-refractivity contribution in [3.8, 4) is 11.3 Å². The van der Waals surface area contributed by atoms with Gasteiger partial charge in [-0.05, 0) is 43.1 Å². The van der Waals surface area contributed by atoms with Gasteiger partial charge in [0.05, 0.1) is 11.7 Å². The smallest absolute Gasteiger partial charge is 0.265 e. The van der Waals surface area contributed by atoms with E-state index in [9.17, 15) is 4.79 Å². The Morgan fingerprint density at radius 2 is 1.83 bits per heavy atom. The van der Waals surface area contributed by atoms with Crippen LogP contribution < -0.4 is 11.1 Å². The van der Waals surface area contributed by atoms with Gasteiger partial charge in [0.1, 0.15) is 10.6 Å². The lowest BCUT2D eigenvalue weighted by molar-refractivity contribution is 0.0945. The summed E-state index contributed by atoms with van der Waals surface area (Å²) in [6, 6.07) is 11.6. The Morgan fingerprint density at radius 3 is 2.50 bits per heavy atom. The molecule has 0 spiro atoms. The zero-order valence-corrected chi connectivity index (χ0v) is 14.3. The fourth-order valence-electron chi connectivity index (χ4n) is 2.38. The number of nitrogens with two attached hydrogens (primary N) is 1. The number of pyridine rings is 1. The fourth-order valence-corrected chi connectivity index (χ4v) is 3.10. The number of aryl methyl sites for hydroxylation is 1. The highest BCUT2D eigenvalue weighted by Crippen LogP contribution is 2.30. The van der Waals surface area contributed by atoms with Crippen molar-refractivity contribution >= 4 is 23.1 Å². The number of aromatic nitrogens is 2. The van der Waals surface area contributed by atoms with Gasteiger partial charge in [0.2, 0.25) is 0 Å². The van der Waals surface area contributed by atoms with Gasteiger partial charge in [-0.25, -0.2) is 0 Å². The second-order valence-corrected chi connectivity index (χ2v) is 6.39. The SMILES string of the molecule is Cc1ccc([C@@H](C)NC(=O)c2snc(-c3ccncc3)c2N)cc1. The summed E-state index contributed by atoms with van der Waals surface area (Å²) in [4.78, 5) is 16.9. The first-order chi connectivity index (χ1) is 11.6. The summed E-state index contributed by atoms with van der Waals surface area (Å²) in [5.74, 6) is -0.210. The van der Waals surface area contributed by atoms with Crippen LogP contribution >= 0.6 is 11.5 Å². The second kappa shape index (κ2) is 6.80. The van der Waals surface area contributed by atoms with Crippen molar-refractivity contribution < 1.29 is 4.79 Å². The number of rotatable bonds is 4. The number of hydrogen-bond acceptors (Lipinski definition) is 5. The van der Waals surface area contributed by atoms with Gasteiger partial charge in [0, 0.05) is 18.0 Å². The number of anilines is 1. The number of carbonyl (C=O) groups excluding carboxylic acids is 1. The molecule has 0 unspecified atom stereocenters. The molecule has 24 heavy (non-hydrogen) atoms. The maximum Gasteiger partial charge on any atom is 0.265 e. The number of nitrogens with one attached hydrogen (secondary N) is 1. The molecule has 2 aromatic heterocycles. The van der Waals surface area contributed by atoms with Crippen LogP contribution in [0.25, 0.3) is 11.3 Å². The highest BCUT2D eigenvalue weighted by molar-refractivity contribution is 7.09. The number of nitrogen functional groups attached to an aromatic ring is 1. The molecule has 1 atom stereocenters. The van der Waals surface area contributed by atoms with E-state index in [0.29, 0.717) is 16.3 Å². The minimum Gasteiger partial charge on any atom is -0.396 e. The Hall–Kier alpha value is -2.73. The first-order valence-corrected chi connectivity index (χ1v) is 8.36. The van der Waals surface area contributed by atoms with Crippen LogP contribution in [0.3, 0.4) is 0 Å². The van der Waals surface area contributed by atoms with E-state index in [2.05, 4.69) is 14.7 Å². The lowest BCUT2D eigenvalue weighted by atomic mass is 10.1. The molecular weight excluding hydrogens is 320 g/mol. The molecule has 6 heteroatoms. The molecule has 0 aliphatic rings. The molecule has 0 saturated heterocycles. The summed E-state index contributed by atoms with van der Waals surface area (Å²) < 4.78 is 4.33. The number of nitrogens with zero attached hydrogens (tertiary/aromatic N) is 2. The normalized spacial score (nSPS) is 11.9. The Labute approximate surface area is 144 Å². The molecule has 3 rings (SSSR count). The maximum atomic E-state index is 12.5. The van der Waals surface area contributed by atoms with Crippen molar-refractivity contribution in [3.63, 3.8) is 0 Å². The fraction of sp³-hybridized carbons (Fsp3) is 0.167. The summed E-state index contributed by atoms with van der Waals surface area (Å²) in [5.41, 5.74) is 10.2. The van der Waals surface area contributed by atoms with Crippen LogP contribution in [0.2, 0.25) is 0 Å². The molecule has 5 nitrogen and oxygen atoms in total. The molecule has 1 amide bonds. The lowest BCUT2D eigenvalue weighted by Gasteiger charge is -2.14. The summed E-state index contributed by atoms with van der Waals surface area (Å²) >= 11 is 1.11. The van der Waals surface area contributed by atoms with E-state index in [4.69, 9.17) is 5.73 Å². The zero-order chi connectivity index (χ0) is 17.1. The van der Waals surface area contributed by atoms with Crippen molar-refractivity contribution in [2.75, 3.05) is 5.73 Å². The van der Waals surface area contributed by atoms with E-state index in [-0.39, 0.29) is 11.9 Å². The second-order valence-electron chi connectivity index (χ2n) is 5.62. The standard InChI is InChI=1S/C18H18N4OS/c1-11-3-5-13(6-4-11)12(2)21-18(23)17-15(19)16(22-24-17)14-7-9-20-10-8-14/h3-10,12H,19H2,1-2H3,(H,21,23)/t12-/m1/s1. The third kappa shape index (κ3) is 3.28. The van der Waals surface area contributed by atoms with Gasteiger partial charge in [-0.3, -0.25) is 9.78 Å². The highest BCUT2D eigenvalue weighted by Gasteiger charge is 2.20. The average molecular weight is 338 g/mol. The topological polar surface area (TPSA) is 80.9 Å². The van der Waals surface area contributed by atoms with Crippen molar-refractivity contribution in [2.24, 2.45) is 0 Å². The van der Waals surface area contributed by atoms with E-state index in [0.717, 1.165) is 22.7 Å². The molecular formula is C18H18N4OS. The van der Waals surface area contributed by atoms with Crippen molar-refractivity contribution in [1.82, 2.24) is 14.7 Å². The highest BCUT2D eigenvalue weighted by atomic mass is 32.1. The predicted octanol–water partition coefficient (Wildman–Crippen LogP) is 3.59. The molecule has 0 radical (unpaired) electrons. The van der Waals surface area contributed by atoms with Crippen LogP contribution in [0.4, 0.5) is 5.69 Å². The largest absolute Gasteiger partial charge is 0.396 e. The number of benzene rings is 1. The summed E-state index contributed by atoms with van der Waals surface area (Å²) in [6.45, 7) is 3.98. The first-order valence-electron chi connectivity index (χ1n) is 7.59. The van der Waals surface area contributed by atoms with E-state index in [1.54, 1.807) is 12.4 Å². The number of carbonyl (C=O) groups is 1. The van der Waals surface area contributed by atoms with Crippen molar-refractivity contribution in [3.05, 3.63) is 64.8 Å². The quantitative estimate of drug-likeness (QED) is 0.762. The first kappa shape index (κ1) is 16.1.